The first-order valence-corrected chi connectivity index (χ1v) is 8.77. The van der Waals surface area contributed by atoms with Crippen molar-refractivity contribution >= 4 is 17.2 Å². The van der Waals surface area contributed by atoms with Crippen LogP contribution in [0.3, 0.4) is 0 Å². The monoisotopic (exact) mass is 334 g/mol. The maximum Gasteiger partial charge on any atom is 0.273 e. The molecular formula is C17H22N2O3S. The minimum atomic E-state index is -0.0189. The van der Waals surface area contributed by atoms with Gasteiger partial charge in [-0.15, -0.1) is 11.3 Å². The molecule has 0 radical (unpaired) electrons. The molecule has 0 unspecified atom stereocenters. The van der Waals surface area contributed by atoms with Gasteiger partial charge in [0.15, 0.2) is 0 Å². The minimum absolute atomic E-state index is 0.00692. The highest BCUT2D eigenvalue weighted by Gasteiger charge is 2.34. The molecule has 3 heterocycles. The third-order valence-corrected chi connectivity index (χ3v) is 5.08. The van der Waals surface area contributed by atoms with E-state index in [-0.39, 0.29) is 11.9 Å². The molecule has 0 aliphatic carbocycles. The zero-order valence-electron chi connectivity index (χ0n) is 13.7. The molecule has 0 aromatic carbocycles. The molecule has 0 N–H and O–H groups in total. The number of methoxy groups -OCH3 is 1. The van der Waals surface area contributed by atoms with E-state index in [4.69, 9.17) is 9.15 Å². The van der Waals surface area contributed by atoms with Gasteiger partial charge in [-0.3, -0.25) is 4.79 Å². The number of furan rings is 1. The lowest BCUT2D eigenvalue weighted by molar-refractivity contribution is 0.0513. The molecule has 5 nitrogen and oxygen atoms in total. The lowest BCUT2D eigenvalue weighted by atomic mass is 9.91. The number of carbonyl (C=O) groups is 1. The van der Waals surface area contributed by atoms with Crippen LogP contribution in [0.5, 0.6) is 0 Å². The van der Waals surface area contributed by atoms with E-state index in [9.17, 15) is 4.79 Å². The third kappa shape index (κ3) is 3.48. The lowest BCUT2D eigenvalue weighted by Crippen LogP contribution is -2.40. The van der Waals surface area contributed by atoms with Crippen LogP contribution in [0, 0.1) is 12.8 Å². The van der Waals surface area contributed by atoms with Gasteiger partial charge in [-0.05, 0) is 37.8 Å². The third-order valence-electron chi connectivity index (χ3n) is 4.25. The summed E-state index contributed by atoms with van der Waals surface area (Å²) in [4.78, 5) is 19.2. The van der Waals surface area contributed by atoms with Crippen LogP contribution in [-0.2, 0) is 11.3 Å². The summed E-state index contributed by atoms with van der Waals surface area (Å²) in [5.74, 6) is 2.31. The number of amides is 1. The number of carbonyl (C=O) groups excluding carboxylic acids is 1. The van der Waals surface area contributed by atoms with Crippen molar-refractivity contribution in [3.05, 3.63) is 39.7 Å². The van der Waals surface area contributed by atoms with Crippen LogP contribution in [0.2, 0.25) is 0 Å². The van der Waals surface area contributed by atoms with Crippen LogP contribution in [-0.4, -0.2) is 29.4 Å². The summed E-state index contributed by atoms with van der Waals surface area (Å²) < 4.78 is 10.9. The Morgan fingerprint density at radius 3 is 3.04 bits per heavy atom. The van der Waals surface area contributed by atoms with E-state index in [2.05, 4.69) is 11.9 Å². The fraction of sp³-hybridized carbons (Fsp3) is 0.529. The summed E-state index contributed by atoms with van der Waals surface area (Å²) in [5.41, 5.74) is 0.505. The Balaban J connectivity index is 1.83. The molecule has 0 saturated carbocycles. The Bertz CT molecular complexity index is 679. The van der Waals surface area contributed by atoms with Crippen LogP contribution in [0.1, 0.15) is 52.8 Å². The van der Waals surface area contributed by atoms with E-state index < -0.39 is 0 Å². The van der Waals surface area contributed by atoms with Crippen molar-refractivity contribution in [1.29, 1.82) is 0 Å². The van der Waals surface area contributed by atoms with Gasteiger partial charge in [0.05, 0.1) is 12.6 Å². The van der Waals surface area contributed by atoms with Gasteiger partial charge in [0.1, 0.15) is 22.2 Å². The molecule has 3 rings (SSSR count). The Morgan fingerprint density at radius 1 is 1.52 bits per heavy atom. The molecule has 2 atom stereocenters. The molecule has 124 valence electrons. The number of rotatable bonds is 4. The van der Waals surface area contributed by atoms with Crippen molar-refractivity contribution < 1.29 is 13.9 Å². The smallest absolute Gasteiger partial charge is 0.273 e. The SMILES string of the molecule is COCc1nc(C(=O)N2CC[C@H](C)C[C@@H]2c2ccc(C)o2)cs1. The molecule has 2 aromatic heterocycles. The fourth-order valence-corrected chi connectivity index (χ4v) is 3.77. The molecule has 1 aliphatic rings. The Hall–Kier alpha value is -1.66. The van der Waals surface area contributed by atoms with E-state index in [1.807, 2.05) is 29.3 Å². The first-order valence-electron chi connectivity index (χ1n) is 7.89. The van der Waals surface area contributed by atoms with Gasteiger partial charge in [0, 0.05) is 19.0 Å². The number of hydrogen-bond acceptors (Lipinski definition) is 5. The van der Waals surface area contributed by atoms with Crippen molar-refractivity contribution in [3.63, 3.8) is 0 Å². The number of thiazole rings is 1. The van der Waals surface area contributed by atoms with E-state index in [0.29, 0.717) is 18.2 Å². The van der Waals surface area contributed by atoms with Crippen LogP contribution in [0.4, 0.5) is 0 Å². The summed E-state index contributed by atoms with van der Waals surface area (Å²) in [6.45, 7) is 5.33. The molecule has 2 aromatic rings. The number of ether oxygens (including phenoxy) is 1. The standard InChI is InChI=1S/C17H22N2O3S/c1-11-6-7-19(14(8-11)15-5-4-12(2)22-15)17(20)13-10-23-16(18-13)9-21-3/h4-5,10-11,14H,6-9H2,1-3H3/t11-,14+/m0/s1. The summed E-state index contributed by atoms with van der Waals surface area (Å²) in [6.07, 6.45) is 1.94. The van der Waals surface area contributed by atoms with Gasteiger partial charge >= 0.3 is 0 Å². The largest absolute Gasteiger partial charge is 0.464 e. The number of aryl methyl sites for hydroxylation is 1. The zero-order chi connectivity index (χ0) is 16.4. The lowest BCUT2D eigenvalue weighted by Gasteiger charge is -2.37. The van der Waals surface area contributed by atoms with Crippen molar-refractivity contribution in [2.45, 2.75) is 39.3 Å². The van der Waals surface area contributed by atoms with Gasteiger partial charge in [-0.1, -0.05) is 6.92 Å². The van der Waals surface area contributed by atoms with Crippen molar-refractivity contribution in [2.24, 2.45) is 5.92 Å². The van der Waals surface area contributed by atoms with E-state index in [1.54, 1.807) is 7.11 Å². The van der Waals surface area contributed by atoms with Crippen molar-refractivity contribution in [1.82, 2.24) is 9.88 Å². The molecule has 1 fully saturated rings. The highest BCUT2D eigenvalue weighted by atomic mass is 32.1. The summed E-state index contributed by atoms with van der Waals surface area (Å²) >= 11 is 1.46. The number of likely N-dealkylation sites (tertiary alicyclic amines) is 1. The number of hydrogen-bond donors (Lipinski definition) is 0. The number of piperidine rings is 1. The summed E-state index contributed by atoms with van der Waals surface area (Å²) in [5, 5.41) is 2.64. The van der Waals surface area contributed by atoms with Gasteiger partial charge in [0.2, 0.25) is 0 Å². The molecule has 6 heteroatoms. The molecule has 0 spiro atoms. The molecular weight excluding hydrogens is 312 g/mol. The number of aromatic nitrogens is 1. The second-order valence-corrected chi connectivity index (χ2v) is 7.09. The Labute approximate surface area is 140 Å². The fourth-order valence-electron chi connectivity index (χ4n) is 3.03. The van der Waals surface area contributed by atoms with Gasteiger partial charge < -0.3 is 14.1 Å². The van der Waals surface area contributed by atoms with E-state index in [0.717, 1.165) is 35.9 Å². The quantitative estimate of drug-likeness (QED) is 0.853. The van der Waals surface area contributed by atoms with E-state index >= 15 is 0 Å². The topological polar surface area (TPSA) is 55.6 Å². The second-order valence-electron chi connectivity index (χ2n) is 6.15. The predicted molar refractivity (Wildman–Crippen MR) is 88.4 cm³/mol. The first kappa shape index (κ1) is 16.2. The maximum absolute atomic E-state index is 12.9. The normalized spacial score (nSPS) is 21.6. The highest BCUT2D eigenvalue weighted by Crippen LogP contribution is 2.35. The van der Waals surface area contributed by atoms with Gasteiger partial charge in [0.25, 0.3) is 5.91 Å². The second kappa shape index (κ2) is 6.84. The predicted octanol–water partition coefficient (Wildman–Crippen LogP) is 3.80. The molecule has 1 amide bonds. The average molecular weight is 334 g/mol. The van der Waals surface area contributed by atoms with Crippen LogP contribution in [0.15, 0.2) is 21.9 Å². The zero-order valence-corrected chi connectivity index (χ0v) is 14.6. The Morgan fingerprint density at radius 2 is 2.35 bits per heavy atom. The molecule has 1 aliphatic heterocycles. The van der Waals surface area contributed by atoms with Crippen LogP contribution >= 0.6 is 11.3 Å². The average Bonchev–Trinajstić information content (AvgIpc) is 3.16. The van der Waals surface area contributed by atoms with Crippen molar-refractivity contribution in [3.8, 4) is 0 Å². The molecule has 23 heavy (non-hydrogen) atoms. The Kier molecular flexibility index (Phi) is 4.82. The first-order chi connectivity index (χ1) is 11.1. The van der Waals surface area contributed by atoms with Gasteiger partial charge in [-0.25, -0.2) is 4.98 Å². The minimum Gasteiger partial charge on any atom is -0.464 e. The molecule has 1 saturated heterocycles. The van der Waals surface area contributed by atoms with E-state index in [1.165, 1.54) is 11.3 Å². The number of nitrogens with zero attached hydrogens (tertiary/aromatic N) is 2. The highest BCUT2D eigenvalue weighted by molar-refractivity contribution is 7.09. The van der Waals surface area contributed by atoms with Gasteiger partial charge in [-0.2, -0.15) is 0 Å². The van der Waals surface area contributed by atoms with Crippen LogP contribution < -0.4 is 0 Å². The molecule has 0 bridgehead atoms. The van der Waals surface area contributed by atoms with Crippen LogP contribution in [0.25, 0.3) is 0 Å². The summed E-state index contributed by atoms with van der Waals surface area (Å²) in [6, 6.07) is 3.93. The summed E-state index contributed by atoms with van der Waals surface area (Å²) in [7, 11) is 1.63. The van der Waals surface area contributed by atoms with Crippen molar-refractivity contribution in [2.75, 3.05) is 13.7 Å². The maximum atomic E-state index is 12.9.